The Kier molecular flexibility index (Phi) is 5.03. The van der Waals surface area contributed by atoms with Crippen molar-refractivity contribution in [3.05, 3.63) is 72.7 Å². The van der Waals surface area contributed by atoms with Gasteiger partial charge in [0.15, 0.2) is 17.5 Å². The van der Waals surface area contributed by atoms with Crippen LogP contribution < -0.4 is 15.4 Å². The van der Waals surface area contributed by atoms with Gasteiger partial charge in [0, 0.05) is 5.69 Å². The fourth-order valence-corrected chi connectivity index (χ4v) is 3.39. The quantitative estimate of drug-likeness (QED) is 0.513. The molecule has 7 nitrogen and oxygen atoms in total. The Morgan fingerprint density at radius 1 is 1.04 bits per heavy atom. The molecule has 140 valence electrons. The minimum atomic E-state index is -0.365. The van der Waals surface area contributed by atoms with Crippen LogP contribution in [0, 0.1) is 0 Å². The predicted molar refractivity (Wildman–Crippen MR) is 107 cm³/mol. The van der Waals surface area contributed by atoms with Gasteiger partial charge in [-0.05, 0) is 42.5 Å². The van der Waals surface area contributed by atoms with Gasteiger partial charge in [0.05, 0.1) is 16.5 Å². The highest BCUT2D eigenvalue weighted by Crippen LogP contribution is 2.28. The molecular formula is C20H15N3O4S. The van der Waals surface area contributed by atoms with Gasteiger partial charge in [-0.2, -0.15) is 0 Å². The van der Waals surface area contributed by atoms with Gasteiger partial charge in [0.25, 0.3) is 11.8 Å². The number of hydrogen-bond donors (Lipinski definition) is 2. The van der Waals surface area contributed by atoms with Gasteiger partial charge >= 0.3 is 0 Å². The molecule has 4 rings (SSSR count). The molecule has 0 aliphatic heterocycles. The zero-order valence-electron chi connectivity index (χ0n) is 14.5. The maximum atomic E-state index is 12.1. The van der Waals surface area contributed by atoms with Crippen LogP contribution in [0.3, 0.4) is 0 Å². The first-order chi connectivity index (χ1) is 13.7. The molecule has 2 N–H and O–H groups in total. The first-order valence-electron chi connectivity index (χ1n) is 8.40. The predicted octanol–water partition coefficient (Wildman–Crippen LogP) is 4.16. The van der Waals surface area contributed by atoms with Crippen LogP contribution >= 0.6 is 11.3 Å². The lowest BCUT2D eigenvalue weighted by molar-refractivity contribution is -0.118. The van der Waals surface area contributed by atoms with Crippen LogP contribution in [0.25, 0.3) is 10.2 Å². The Balaban J connectivity index is 1.40. The monoisotopic (exact) mass is 393 g/mol. The molecule has 2 heterocycles. The van der Waals surface area contributed by atoms with Crippen LogP contribution in [0.5, 0.6) is 5.75 Å². The summed E-state index contributed by atoms with van der Waals surface area (Å²) in [6.45, 7) is -0.0881. The van der Waals surface area contributed by atoms with Crippen molar-refractivity contribution in [1.29, 1.82) is 0 Å². The number of ether oxygens (including phenoxy) is 1. The lowest BCUT2D eigenvalue weighted by atomic mass is 10.3. The third-order valence-corrected chi connectivity index (χ3v) is 4.68. The minimum Gasteiger partial charge on any atom is -0.484 e. The van der Waals surface area contributed by atoms with E-state index in [9.17, 15) is 9.59 Å². The number of anilines is 2. The van der Waals surface area contributed by atoms with Crippen LogP contribution in [-0.4, -0.2) is 23.4 Å². The summed E-state index contributed by atoms with van der Waals surface area (Å²) in [5.74, 6) is 0.216. The summed E-state index contributed by atoms with van der Waals surface area (Å²) in [4.78, 5) is 28.5. The van der Waals surface area contributed by atoms with E-state index in [1.54, 1.807) is 42.5 Å². The smallest absolute Gasteiger partial charge is 0.293 e. The summed E-state index contributed by atoms with van der Waals surface area (Å²) in [7, 11) is 0. The topological polar surface area (TPSA) is 93.5 Å². The normalized spacial score (nSPS) is 10.6. The number of carbonyl (C=O) groups is 2. The molecule has 0 bridgehead atoms. The maximum Gasteiger partial charge on any atom is 0.293 e. The molecule has 28 heavy (non-hydrogen) atoms. The number of thiazole rings is 1. The van der Waals surface area contributed by atoms with Gasteiger partial charge in [-0.1, -0.05) is 29.5 Å². The van der Waals surface area contributed by atoms with Gasteiger partial charge in [0.1, 0.15) is 5.75 Å². The molecule has 0 spiro atoms. The Labute approximate surface area is 164 Å². The third kappa shape index (κ3) is 4.18. The standard InChI is InChI=1S/C20H15N3O4S/c24-18(12-27-14-5-2-1-3-6-14)21-13-8-9-15-17(11-13)28-20(22-15)23-19(25)16-7-4-10-26-16/h1-11H,12H2,(H,21,24)(H,22,23,25). The molecule has 0 atom stereocenters. The number of furan rings is 1. The second kappa shape index (κ2) is 7.93. The minimum absolute atomic E-state index is 0.0881. The molecule has 0 aliphatic rings. The van der Waals surface area contributed by atoms with Crippen LogP contribution in [0.15, 0.2) is 71.3 Å². The Bertz CT molecular complexity index is 1110. The number of nitrogens with zero attached hydrogens (tertiary/aromatic N) is 1. The zero-order chi connectivity index (χ0) is 19.3. The van der Waals surface area contributed by atoms with Crippen molar-refractivity contribution >= 4 is 44.2 Å². The molecule has 0 aliphatic carbocycles. The van der Waals surface area contributed by atoms with E-state index in [0.717, 1.165) is 10.2 Å². The van der Waals surface area contributed by atoms with Crippen molar-refractivity contribution in [2.75, 3.05) is 17.2 Å². The van der Waals surface area contributed by atoms with Crippen LogP contribution in [0.1, 0.15) is 10.6 Å². The van der Waals surface area contributed by atoms with E-state index in [4.69, 9.17) is 9.15 Å². The zero-order valence-corrected chi connectivity index (χ0v) is 15.4. The third-order valence-electron chi connectivity index (χ3n) is 3.75. The van der Waals surface area contributed by atoms with Crippen molar-refractivity contribution in [2.24, 2.45) is 0 Å². The van der Waals surface area contributed by atoms with Crippen molar-refractivity contribution in [3.8, 4) is 5.75 Å². The maximum absolute atomic E-state index is 12.1. The van der Waals surface area contributed by atoms with Crippen LogP contribution in [0.4, 0.5) is 10.8 Å². The summed E-state index contributed by atoms with van der Waals surface area (Å²) in [5, 5.41) is 5.94. The van der Waals surface area contributed by atoms with Gasteiger partial charge in [0.2, 0.25) is 0 Å². The van der Waals surface area contributed by atoms with E-state index in [2.05, 4.69) is 15.6 Å². The van der Waals surface area contributed by atoms with Crippen molar-refractivity contribution in [1.82, 2.24) is 4.98 Å². The molecule has 2 aromatic carbocycles. The van der Waals surface area contributed by atoms with E-state index < -0.39 is 0 Å². The van der Waals surface area contributed by atoms with Crippen molar-refractivity contribution in [3.63, 3.8) is 0 Å². The SMILES string of the molecule is O=C(COc1ccccc1)Nc1ccc2nc(NC(=O)c3ccco3)sc2c1. The number of benzene rings is 2. The molecule has 0 radical (unpaired) electrons. The summed E-state index contributed by atoms with van der Waals surface area (Å²) in [6, 6.07) is 17.7. The van der Waals surface area contributed by atoms with E-state index in [1.165, 1.54) is 17.6 Å². The second-order valence-corrected chi connectivity index (χ2v) is 6.81. The molecule has 2 amide bonds. The summed E-state index contributed by atoms with van der Waals surface area (Å²) < 4.78 is 11.3. The summed E-state index contributed by atoms with van der Waals surface area (Å²) in [6.07, 6.45) is 1.43. The van der Waals surface area contributed by atoms with Crippen LogP contribution in [-0.2, 0) is 4.79 Å². The lowest BCUT2D eigenvalue weighted by Gasteiger charge is -2.07. The first kappa shape index (κ1) is 17.7. The highest BCUT2D eigenvalue weighted by molar-refractivity contribution is 7.22. The fraction of sp³-hybridized carbons (Fsp3) is 0.0500. The summed E-state index contributed by atoms with van der Waals surface area (Å²) in [5.41, 5.74) is 1.35. The first-order valence-corrected chi connectivity index (χ1v) is 9.22. The number of fused-ring (bicyclic) bond motifs is 1. The molecule has 0 fully saturated rings. The molecule has 8 heteroatoms. The van der Waals surface area contributed by atoms with Crippen LogP contribution in [0.2, 0.25) is 0 Å². The molecule has 0 unspecified atom stereocenters. The Morgan fingerprint density at radius 3 is 2.68 bits per heavy atom. The number of aromatic nitrogens is 1. The highest BCUT2D eigenvalue weighted by atomic mass is 32.1. The Hall–Kier alpha value is -3.65. The molecule has 2 aromatic heterocycles. The van der Waals surface area contributed by atoms with E-state index in [0.29, 0.717) is 16.6 Å². The van der Waals surface area contributed by atoms with Gasteiger partial charge < -0.3 is 14.5 Å². The second-order valence-electron chi connectivity index (χ2n) is 5.78. The van der Waals surface area contributed by atoms with Gasteiger partial charge in [-0.25, -0.2) is 4.98 Å². The van der Waals surface area contributed by atoms with E-state index >= 15 is 0 Å². The number of amides is 2. The van der Waals surface area contributed by atoms with Gasteiger partial charge in [-0.15, -0.1) is 0 Å². The van der Waals surface area contributed by atoms with Crippen molar-refractivity contribution in [2.45, 2.75) is 0 Å². The number of nitrogens with one attached hydrogen (secondary N) is 2. The Morgan fingerprint density at radius 2 is 1.89 bits per heavy atom. The molecule has 0 saturated carbocycles. The number of rotatable bonds is 6. The molecular weight excluding hydrogens is 378 g/mol. The molecule has 0 saturated heterocycles. The largest absolute Gasteiger partial charge is 0.484 e. The average Bonchev–Trinajstić information content (AvgIpc) is 3.36. The summed E-state index contributed by atoms with van der Waals surface area (Å²) >= 11 is 1.31. The van der Waals surface area contributed by atoms with E-state index in [-0.39, 0.29) is 24.2 Å². The van der Waals surface area contributed by atoms with Crippen molar-refractivity contribution < 1.29 is 18.7 Å². The average molecular weight is 393 g/mol. The number of para-hydroxylation sites is 1. The number of hydrogen-bond acceptors (Lipinski definition) is 6. The molecule has 4 aromatic rings. The fourth-order valence-electron chi connectivity index (χ4n) is 2.48. The number of carbonyl (C=O) groups excluding carboxylic acids is 2. The lowest BCUT2D eigenvalue weighted by Crippen LogP contribution is -2.20. The highest BCUT2D eigenvalue weighted by Gasteiger charge is 2.12. The van der Waals surface area contributed by atoms with Gasteiger partial charge in [-0.3, -0.25) is 14.9 Å². The van der Waals surface area contributed by atoms with E-state index in [1.807, 2.05) is 18.2 Å².